The van der Waals surface area contributed by atoms with Crippen LogP contribution in [0.4, 0.5) is 0 Å². The number of aromatic nitrogens is 2. The van der Waals surface area contributed by atoms with Crippen LogP contribution in [0.15, 0.2) is 24.4 Å². The number of hydrogen-bond acceptors (Lipinski definition) is 3. The first-order valence-corrected chi connectivity index (χ1v) is 11.2. The highest BCUT2D eigenvalue weighted by Crippen LogP contribution is 2.37. The van der Waals surface area contributed by atoms with E-state index in [1.807, 2.05) is 25.2 Å². The number of fused-ring (bicyclic) bond motifs is 1. The van der Waals surface area contributed by atoms with Crippen molar-refractivity contribution in [3.8, 4) is 17.0 Å². The molecule has 2 aliphatic rings. The minimum Gasteiger partial charge on any atom is -0.492 e. The van der Waals surface area contributed by atoms with E-state index in [1.165, 1.54) is 25.7 Å². The molecule has 1 amide bonds. The molecule has 1 aliphatic heterocycles. The fourth-order valence-corrected chi connectivity index (χ4v) is 5.18. The van der Waals surface area contributed by atoms with E-state index in [9.17, 15) is 4.79 Å². The second kappa shape index (κ2) is 8.78. The van der Waals surface area contributed by atoms with Crippen LogP contribution in [0.5, 0.6) is 5.75 Å². The average Bonchev–Trinajstić information content (AvgIpc) is 3.13. The van der Waals surface area contributed by atoms with Gasteiger partial charge >= 0.3 is 0 Å². The number of carbonyl (C=O) groups is 1. The van der Waals surface area contributed by atoms with E-state index < -0.39 is 0 Å². The van der Waals surface area contributed by atoms with Crippen molar-refractivity contribution >= 4 is 17.5 Å². The summed E-state index contributed by atoms with van der Waals surface area (Å²) in [7, 11) is 1.88. The predicted molar refractivity (Wildman–Crippen MR) is 115 cm³/mol. The molecular formula is C23H30ClN3O2. The number of nitrogens with zero attached hydrogens (tertiary/aromatic N) is 3. The number of piperidine rings is 1. The first-order valence-electron chi connectivity index (χ1n) is 10.9. The van der Waals surface area contributed by atoms with Crippen molar-refractivity contribution in [1.82, 2.24) is 14.7 Å². The molecule has 1 aromatic carbocycles. The van der Waals surface area contributed by atoms with Crippen molar-refractivity contribution in [3.05, 3.63) is 35.0 Å². The van der Waals surface area contributed by atoms with E-state index in [1.54, 1.807) is 10.9 Å². The van der Waals surface area contributed by atoms with Gasteiger partial charge in [-0.1, -0.05) is 31.4 Å². The Hall–Kier alpha value is -2.01. The summed E-state index contributed by atoms with van der Waals surface area (Å²) in [4.78, 5) is 15.7. The Morgan fingerprint density at radius 1 is 1.24 bits per heavy atom. The molecule has 2 heterocycles. The van der Waals surface area contributed by atoms with Crippen molar-refractivity contribution in [3.63, 3.8) is 0 Å². The lowest BCUT2D eigenvalue weighted by atomic mass is 9.78. The van der Waals surface area contributed by atoms with E-state index >= 15 is 0 Å². The number of hydrogen-bond donors (Lipinski definition) is 0. The normalized spacial score (nSPS) is 21.7. The molecule has 6 heteroatoms. The van der Waals surface area contributed by atoms with Gasteiger partial charge in [-0.25, -0.2) is 0 Å². The molecule has 156 valence electrons. The number of halogens is 1. The zero-order valence-corrected chi connectivity index (χ0v) is 18.1. The molecule has 0 bridgehead atoms. The molecule has 0 N–H and O–H groups in total. The summed E-state index contributed by atoms with van der Waals surface area (Å²) in [5.41, 5.74) is 2.37. The largest absolute Gasteiger partial charge is 0.492 e. The number of likely N-dealkylation sites (tertiary alicyclic amines) is 1. The SMILES string of the molecule is CCCOc1ccc(-c2c(C(=O)N3CCCC4CCCCC43)cnn2C)cc1Cl. The summed E-state index contributed by atoms with van der Waals surface area (Å²) in [6.07, 6.45) is 9.88. The van der Waals surface area contributed by atoms with Gasteiger partial charge in [-0.2, -0.15) is 5.10 Å². The van der Waals surface area contributed by atoms with Crippen molar-refractivity contribution in [2.24, 2.45) is 13.0 Å². The lowest BCUT2D eigenvalue weighted by molar-refractivity contribution is 0.0391. The molecule has 2 aromatic rings. The summed E-state index contributed by atoms with van der Waals surface area (Å²) in [6.45, 7) is 3.54. The second-order valence-electron chi connectivity index (χ2n) is 8.28. The molecule has 0 spiro atoms. The number of ether oxygens (including phenoxy) is 1. The van der Waals surface area contributed by atoms with Crippen LogP contribution in [0, 0.1) is 5.92 Å². The molecule has 29 heavy (non-hydrogen) atoms. The first kappa shape index (κ1) is 20.3. The van der Waals surface area contributed by atoms with E-state index in [4.69, 9.17) is 16.3 Å². The fourth-order valence-electron chi connectivity index (χ4n) is 4.95. The van der Waals surface area contributed by atoms with Crippen LogP contribution < -0.4 is 4.74 Å². The number of amides is 1. The number of benzene rings is 1. The number of aryl methyl sites for hydroxylation is 1. The van der Waals surface area contributed by atoms with E-state index in [-0.39, 0.29) is 5.91 Å². The molecular weight excluding hydrogens is 386 g/mol. The summed E-state index contributed by atoms with van der Waals surface area (Å²) < 4.78 is 7.46. The van der Waals surface area contributed by atoms with Crippen LogP contribution >= 0.6 is 11.6 Å². The van der Waals surface area contributed by atoms with Crippen LogP contribution in [-0.2, 0) is 7.05 Å². The van der Waals surface area contributed by atoms with E-state index in [2.05, 4.69) is 16.9 Å². The minimum atomic E-state index is 0.104. The van der Waals surface area contributed by atoms with Crippen molar-refractivity contribution in [1.29, 1.82) is 0 Å². The lowest BCUT2D eigenvalue weighted by Gasteiger charge is -2.44. The molecule has 1 saturated carbocycles. The smallest absolute Gasteiger partial charge is 0.257 e. The molecule has 1 aliphatic carbocycles. The summed E-state index contributed by atoms with van der Waals surface area (Å²) in [5, 5.41) is 4.97. The van der Waals surface area contributed by atoms with Crippen LogP contribution in [0.3, 0.4) is 0 Å². The Balaban J connectivity index is 1.63. The number of rotatable bonds is 5. The number of carbonyl (C=O) groups excluding carboxylic acids is 1. The topological polar surface area (TPSA) is 47.4 Å². The second-order valence-corrected chi connectivity index (χ2v) is 8.68. The molecule has 2 fully saturated rings. The highest BCUT2D eigenvalue weighted by atomic mass is 35.5. The van der Waals surface area contributed by atoms with Gasteiger partial charge in [0.1, 0.15) is 5.75 Å². The van der Waals surface area contributed by atoms with Crippen molar-refractivity contribution in [2.75, 3.05) is 13.2 Å². The zero-order valence-electron chi connectivity index (χ0n) is 17.4. The standard InChI is InChI=1S/C23H30ClN3O2/c1-3-13-29-21-11-10-17(14-19(21)24)22-18(15-25-26(22)2)23(28)27-12-6-8-16-7-4-5-9-20(16)27/h10-11,14-16,20H,3-9,12-13H2,1-2H3. The Bertz CT molecular complexity index is 877. The minimum absolute atomic E-state index is 0.104. The third-order valence-corrected chi connectivity index (χ3v) is 6.64. The van der Waals surface area contributed by atoms with Crippen LogP contribution in [0.1, 0.15) is 62.2 Å². The maximum Gasteiger partial charge on any atom is 0.257 e. The summed E-state index contributed by atoms with van der Waals surface area (Å²) in [5.74, 6) is 1.44. The van der Waals surface area contributed by atoms with Gasteiger partial charge in [0, 0.05) is 25.2 Å². The molecule has 4 rings (SSSR count). The van der Waals surface area contributed by atoms with Crippen LogP contribution in [0.2, 0.25) is 5.02 Å². The quantitative estimate of drug-likeness (QED) is 0.663. The maximum atomic E-state index is 13.6. The monoisotopic (exact) mass is 415 g/mol. The van der Waals surface area contributed by atoms with E-state index in [0.29, 0.717) is 34.9 Å². The lowest BCUT2D eigenvalue weighted by Crippen LogP contribution is -2.49. The van der Waals surface area contributed by atoms with Crippen LogP contribution in [0.25, 0.3) is 11.3 Å². The third-order valence-electron chi connectivity index (χ3n) is 6.34. The van der Waals surface area contributed by atoms with Gasteiger partial charge < -0.3 is 9.64 Å². The molecule has 0 radical (unpaired) electrons. The highest BCUT2D eigenvalue weighted by Gasteiger charge is 2.37. The highest BCUT2D eigenvalue weighted by molar-refractivity contribution is 6.32. The first-order chi connectivity index (χ1) is 14.1. The Morgan fingerprint density at radius 3 is 2.83 bits per heavy atom. The Labute approximate surface area is 178 Å². The van der Waals surface area contributed by atoms with Gasteiger partial charge in [-0.15, -0.1) is 0 Å². The Kier molecular flexibility index (Phi) is 6.14. The molecule has 1 aromatic heterocycles. The molecule has 2 unspecified atom stereocenters. The molecule has 1 saturated heterocycles. The molecule has 2 atom stereocenters. The Morgan fingerprint density at radius 2 is 2.03 bits per heavy atom. The van der Waals surface area contributed by atoms with Gasteiger partial charge in [0.25, 0.3) is 5.91 Å². The zero-order chi connectivity index (χ0) is 20.4. The molecule has 5 nitrogen and oxygen atoms in total. The van der Waals surface area contributed by atoms with Gasteiger partial charge in [-0.3, -0.25) is 9.48 Å². The summed E-state index contributed by atoms with van der Waals surface area (Å²) in [6, 6.07) is 6.10. The summed E-state index contributed by atoms with van der Waals surface area (Å²) >= 11 is 6.46. The average molecular weight is 416 g/mol. The van der Waals surface area contributed by atoms with Gasteiger partial charge in [0.2, 0.25) is 0 Å². The predicted octanol–water partition coefficient (Wildman–Crippen LogP) is 5.32. The van der Waals surface area contributed by atoms with Crippen molar-refractivity contribution in [2.45, 2.75) is 57.9 Å². The van der Waals surface area contributed by atoms with Crippen molar-refractivity contribution < 1.29 is 9.53 Å². The van der Waals surface area contributed by atoms with Gasteiger partial charge in [-0.05, 0) is 56.2 Å². The van der Waals surface area contributed by atoms with Gasteiger partial charge in [0.05, 0.1) is 29.1 Å². The fraction of sp³-hybridized carbons (Fsp3) is 0.565. The third kappa shape index (κ3) is 4.02. The van der Waals surface area contributed by atoms with Gasteiger partial charge in [0.15, 0.2) is 0 Å². The maximum absolute atomic E-state index is 13.6. The van der Waals surface area contributed by atoms with E-state index in [0.717, 1.165) is 37.1 Å². The van der Waals surface area contributed by atoms with Crippen LogP contribution in [-0.4, -0.2) is 39.8 Å².